The van der Waals surface area contributed by atoms with Crippen molar-refractivity contribution in [1.29, 1.82) is 0 Å². The maximum atomic E-state index is 9.47. The van der Waals surface area contributed by atoms with Crippen molar-refractivity contribution in [3.05, 3.63) is 34.3 Å². The minimum Gasteiger partial charge on any atom is -0.504 e. The Labute approximate surface area is 111 Å². The van der Waals surface area contributed by atoms with Gasteiger partial charge < -0.3 is 10.2 Å². The van der Waals surface area contributed by atoms with Crippen molar-refractivity contribution < 1.29 is 10.2 Å². The maximum absolute atomic E-state index is 9.47. The molecular weight excluding hydrogens is 296 g/mol. The predicted octanol–water partition coefficient (Wildman–Crippen LogP) is 3.27. The van der Waals surface area contributed by atoms with Gasteiger partial charge in [0, 0.05) is 16.6 Å². The van der Waals surface area contributed by atoms with Crippen LogP contribution in [0.25, 0.3) is 22.1 Å². The van der Waals surface area contributed by atoms with E-state index in [4.69, 9.17) is 0 Å². The van der Waals surface area contributed by atoms with E-state index in [0.29, 0.717) is 11.0 Å². The first kappa shape index (κ1) is 11.2. The van der Waals surface area contributed by atoms with Crippen molar-refractivity contribution in [2.45, 2.75) is 6.92 Å². The van der Waals surface area contributed by atoms with Crippen LogP contribution in [0.15, 0.2) is 28.7 Å². The van der Waals surface area contributed by atoms with Crippen molar-refractivity contribution in [1.82, 2.24) is 9.97 Å². The van der Waals surface area contributed by atoms with Crippen molar-refractivity contribution in [3.8, 4) is 11.5 Å². The molecular formula is C13H9BrN2O2. The largest absolute Gasteiger partial charge is 0.504 e. The lowest BCUT2D eigenvalue weighted by molar-refractivity contribution is 0.404. The summed E-state index contributed by atoms with van der Waals surface area (Å²) in [4.78, 5) is 8.88. The van der Waals surface area contributed by atoms with E-state index < -0.39 is 0 Å². The Kier molecular flexibility index (Phi) is 2.38. The molecule has 1 heterocycles. The minimum absolute atomic E-state index is 0.192. The molecule has 0 bridgehead atoms. The second kappa shape index (κ2) is 3.81. The summed E-state index contributed by atoms with van der Waals surface area (Å²) in [6.45, 7) is 1.98. The summed E-state index contributed by atoms with van der Waals surface area (Å²) in [6, 6.07) is 6.70. The summed E-state index contributed by atoms with van der Waals surface area (Å²) in [5, 5.41) is 18.9. The van der Waals surface area contributed by atoms with E-state index in [2.05, 4.69) is 25.9 Å². The van der Waals surface area contributed by atoms with E-state index in [0.717, 1.165) is 21.1 Å². The van der Waals surface area contributed by atoms with E-state index in [1.807, 2.05) is 19.1 Å². The number of benzene rings is 2. The van der Waals surface area contributed by atoms with E-state index in [-0.39, 0.29) is 11.5 Å². The second-order valence-corrected chi connectivity index (χ2v) is 5.02. The molecule has 0 fully saturated rings. The zero-order chi connectivity index (χ0) is 12.9. The first-order chi connectivity index (χ1) is 8.54. The fourth-order valence-corrected chi connectivity index (χ4v) is 2.55. The van der Waals surface area contributed by atoms with Gasteiger partial charge >= 0.3 is 0 Å². The number of aromatic nitrogens is 2. The summed E-state index contributed by atoms with van der Waals surface area (Å²) in [5.41, 5.74) is 3.65. The number of hydrogen-bond acceptors (Lipinski definition) is 4. The normalized spacial score (nSPS) is 11.2. The fraction of sp³-hybridized carbons (Fsp3) is 0.0769. The Morgan fingerprint density at radius 2 is 1.50 bits per heavy atom. The summed E-state index contributed by atoms with van der Waals surface area (Å²) < 4.78 is 0.861. The third-order valence-corrected chi connectivity index (χ3v) is 3.34. The van der Waals surface area contributed by atoms with Crippen LogP contribution in [0.5, 0.6) is 11.5 Å². The van der Waals surface area contributed by atoms with Crippen molar-refractivity contribution in [2.24, 2.45) is 0 Å². The van der Waals surface area contributed by atoms with Gasteiger partial charge in [0.1, 0.15) is 5.52 Å². The Bertz CT molecular complexity index is 787. The number of aryl methyl sites for hydroxylation is 1. The average Bonchev–Trinajstić information content (AvgIpc) is 2.29. The highest BCUT2D eigenvalue weighted by Gasteiger charge is 2.09. The van der Waals surface area contributed by atoms with Crippen LogP contribution in [-0.4, -0.2) is 20.2 Å². The molecule has 5 heteroatoms. The van der Waals surface area contributed by atoms with Gasteiger partial charge in [0.25, 0.3) is 0 Å². The summed E-state index contributed by atoms with van der Waals surface area (Å²) >= 11 is 3.45. The molecule has 90 valence electrons. The third-order valence-electron chi connectivity index (χ3n) is 2.73. The van der Waals surface area contributed by atoms with Gasteiger partial charge in [-0.3, -0.25) is 0 Å². The molecule has 0 aliphatic heterocycles. The van der Waals surface area contributed by atoms with Crippen LogP contribution in [-0.2, 0) is 0 Å². The quantitative estimate of drug-likeness (QED) is 0.494. The van der Waals surface area contributed by atoms with E-state index in [9.17, 15) is 10.2 Å². The number of phenols is 2. The predicted molar refractivity (Wildman–Crippen MR) is 72.8 cm³/mol. The lowest BCUT2D eigenvalue weighted by atomic mass is 10.2. The van der Waals surface area contributed by atoms with Gasteiger partial charge in [-0.05, 0) is 40.5 Å². The smallest absolute Gasteiger partial charge is 0.159 e. The Hall–Kier alpha value is -1.88. The topological polar surface area (TPSA) is 66.2 Å². The molecule has 1 aromatic heterocycles. The Balaban J connectivity index is 2.47. The molecule has 0 saturated heterocycles. The molecule has 0 spiro atoms. The van der Waals surface area contributed by atoms with Gasteiger partial charge in [-0.25, -0.2) is 9.97 Å². The summed E-state index contributed by atoms with van der Waals surface area (Å²) in [6.07, 6.45) is 0. The molecule has 3 aromatic rings. The van der Waals surface area contributed by atoms with Crippen LogP contribution in [0.3, 0.4) is 0 Å². The number of halogens is 1. The van der Waals surface area contributed by atoms with E-state index >= 15 is 0 Å². The number of phenolic OH excluding ortho intramolecular Hbond substituents is 2. The van der Waals surface area contributed by atoms with Gasteiger partial charge in [0.05, 0.1) is 16.6 Å². The molecule has 2 aromatic carbocycles. The standard InChI is InChI=1S/C13H9BrN2O2/c1-6-2-7(14)13-10(3-6)15-8-4-11(17)12(18)5-9(8)16-13/h2-5,17-18H,1H3. The van der Waals surface area contributed by atoms with Crippen LogP contribution in [0.2, 0.25) is 0 Å². The van der Waals surface area contributed by atoms with Crippen LogP contribution in [0.4, 0.5) is 0 Å². The molecule has 18 heavy (non-hydrogen) atoms. The highest BCUT2D eigenvalue weighted by molar-refractivity contribution is 9.10. The molecule has 4 nitrogen and oxygen atoms in total. The highest BCUT2D eigenvalue weighted by Crippen LogP contribution is 2.31. The molecule has 0 aliphatic carbocycles. The van der Waals surface area contributed by atoms with E-state index in [1.54, 1.807) is 0 Å². The summed E-state index contributed by atoms with van der Waals surface area (Å²) in [7, 11) is 0. The van der Waals surface area contributed by atoms with Gasteiger partial charge in [0.2, 0.25) is 0 Å². The average molecular weight is 305 g/mol. The Morgan fingerprint density at radius 1 is 0.889 bits per heavy atom. The number of fused-ring (bicyclic) bond motifs is 2. The van der Waals surface area contributed by atoms with Crippen LogP contribution in [0.1, 0.15) is 5.56 Å². The van der Waals surface area contributed by atoms with Gasteiger partial charge in [-0.2, -0.15) is 0 Å². The first-order valence-corrected chi connectivity index (χ1v) is 6.13. The molecule has 0 saturated carbocycles. The highest BCUT2D eigenvalue weighted by atomic mass is 79.9. The zero-order valence-corrected chi connectivity index (χ0v) is 11.1. The molecule has 0 radical (unpaired) electrons. The molecule has 0 atom stereocenters. The van der Waals surface area contributed by atoms with Gasteiger partial charge in [-0.1, -0.05) is 0 Å². The molecule has 0 amide bonds. The maximum Gasteiger partial charge on any atom is 0.159 e. The molecule has 2 N–H and O–H groups in total. The zero-order valence-electron chi connectivity index (χ0n) is 9.48. The monoisotopic (exact) mass is 304 g/mol. The third kappa shape index (κ3) is 1.67. The van der Waals surface area contributed by atoms with Crippen LogP contribution >= 0.6 is 15.9 Å². The van der Waals surface area contributed by atoms with Gasteiger partial charge in [-0.15, -0.1) is 0 Å². The summed E-state index contributed by atoms with van der Waals surface area (Å²) in [5.74, 6) is -0.387. The van der Waals surface area contributed by atoms with Crippen LogP contribution in [0, 0.1) is 6.92 Å². The fourth-order valence-electron chi connectivity index (χ4n) is 1.90. The number of nitrogens with zero attached hydrogens (tertiary/aromatic N) is 2. The number of rotatable bonds is 0. The molecule has 0 aliphatic rings. The van der Waals surface area contributed by atoms with Crippen LogP contribution < -0.4 is 0 Å². The number of hydrogen-bond donors (Lipinski definition) is 2. The van der Waals surface area contributed by atoms with E-state index in [1.165, 1.54) is 12.1 Å². The minimum atomic E-state index is -0.195. The molecule has 0 unspecified atom stereocenters. The molecule has 3 rings (SSSR count). The lowest BCUT2D eigenvalue weighted by Gasteiger charge is -2.05. The Morgan fingerprint density at radius 3 is 2.17 bits per heavy atom. The van der Waals surface area contributed by atoms with Crippen molar-refractivity contribution >= 4 is 38.0 Å². The SMILES string of the molecule is Cc1cc(Br)c2nc3cc(O)c(O)cc3nc2c1. The van der Waals surface area contributed by atoms with Crippen molar-refractivity contribution in [2.75, 3.05) is 0 Å². The lowest BCUT2D eigenvalue weighted by Crippen LogP contribution is -1.89. The number of aromatic hydroxyl groups is 2. The second-order valence-electron chi connectivity index (χ2n) is 4.17. The van der Waals surface area contributed by atoms with Gasteiger partial charge in [0.15, 0.2) is 11.5 Å². The van der Waals surface area contributed by atoms with Crippen molar-refractivity contribution in [3.63, 3.8) is 0 Å². The first-order valence-electron chi connectivity index (χ1n) is 5.34.